The maximum Gasteiger partial charge on any atom is 0.319 e. The van der Waals surface area contributed by atoms with Gasteiger partial charge < -0.3 is 9.47 Å². The number of hydrogen-bond acceptors (Lipinski definition) is 6. The number of ether oxygens (including phenoxy) is 2. The Balaban J connectivity index is 0. The molecule has 0 aliphatic heterocycles. The number of carbonyl (C=O) groups excluding carboxylic acids is 1. The Kier molecular flexibility index (Phi) is 10.9. The highest BCUT2D eigenvalue weighted by atomic mass is 32.1. The SMILES string of the molecule is COC(=O)CC#N.COC(=S)C(C#N)=C(C)C. The van der Waals surface area contributed by atoms with Crippen molar-refractivity contribution in [2.45, 2.75) is 20.3 Å². The first-order valence-electron chi connectivity index (χ1n) is 4.54. The van der Waals surface area contributed by atoms with Crippen LogP contribution in [0.4, 0.5) is 0 Å². The molecule has 0 saturated heterocycles. The minimum Gasteiger partial charge on any atom is -0.486 e. The number of hydrogen-bond donors (Lipinski definition) is 0. The van der Waals surface area contributed by atoms with Gasteiger partial charge in [0.25, 0.3) is 0 Å². The number of nitriles is 2. The van der Waals surface area contributed by atoms with E-state index < -0.39 is 5.97 Å². The maximum absolute atomic E-state index is 9.97. The number of esters is 1. The molecule has 6 heteroatoms. The molecule has 5 nitrogen and oxygen atoms in total. The zero-order valence-corrected chi connectivity index (χ0v) is 11.1. The van der Waals surface area contributed by atoms with E-state index in [0.29, 0.717) is 5.57 Å². The van der Waals surface area contributed by atoms with Crippen LogP contribution >= 0.6 is 12.2 Å². The Hall–Kier alpha value is -1.92. The molecule has 92 valence electrons. The summed E-state index contributed by atoms with van der Waals surface area (Å²) in [6.07, 6.45) is -0.156. The van der Waals surface area contributed by atoms with E-state index in [2.05, 4.69) is 4.74 Å². The molecule has 0 aromatic rings. The molecule has 0 aliphatic carbocycles. The van der Waals surface area contributed by atoms with E-state index in [4.69, 9.17) is 27.5 Å². The molecule has 17 heavy (non-hydrogen) atoms. The average molecular weight is 254 g/mol. The van der Waals surface area contributed by atoms with E-state index in [1.165, 1.54) is 14.2 Å². The highest BCUT2D eigenvalue weighted by Gasteiger charge is 2.04. The first-order valence-corrected chi connectivity index (χ1v) is 4.95. The standard InChI is InChI=1S/C7H9NOS.C4H5NO2/c1-5(2)6(4-8)7(10)9-3;1-7-4(6)2-3-5/h1-3H3;2H2,1H3. The fourth-order valence-electron chi connectivity index (χ4n) is 0.600. The lowest BCUT2D eigenvalue weighted by molar-refractivity contribution is -0.139. The smallest absolute Gasteiger partial charge is 0.319 e. The van der Waals surface area contributed by atoms with Gasteiger partial charge in [-0.2, -0.15) is 10.5 Å². The van der Waals surface area contributed by atoms with Gasteiger partial charge in [-0.05, 0) is 26.1 Å². The van der Waals surface area contributed by atoms with Crippen LogP contribution in [0, 0.1) is 22.7 Å². The van der Waals surface area contributed by atoms with Crippen LogP contribution in [0.2, 0.25) is 0 Å². The quantitative estimate of drug-likeness (QED) is 0.324. The molecular weight excluding hydrogens is 240 g/mol. The summed E-state index contributed by atoms with van der Waals surface area (Å²) >= 11 is 4.75. The van der Waals surface area contributed by atoms with Gasteiger partial charge in [0.1, 0.15) is 18.1 Å². The van der Waals surface area contributed by atoms with Crippen LogP contribution in [0.15, 0.2) is 11.1 Å². The Morgan fingerprint density at radius 3 is 1.88 bits per heavy atom. The van der Waals surface area contributed by atoms with Gasteiger partial charge in [-0.15, -0.1) is 0 Å². The van der Waals surface area contributed by atoms with Gasteiger partial charge in [0.15, 0.2) is 0 Å². The lowest BCUT2D eigenvalue weighted by atomic mass is 10.2. The summed E-state index contributed by atoms with van der Waals surface area (Å²) in [5, 5.41) is 16.6. The van der Waals surface area contributed by atoms with Gasteiger partial charge >= 0.3 is 5.97 Å². The predicted octanol–water partition coefficient (Wildman–Crippen LogP) is 1.89. The first-order chi connectivity index (χ1) is 7.94. The monoisotopic (exact) mass is 254 g/mol. The van der Waals surface area contributed by atoms with Crippen LogP contribution in [0.25, 0.3) is 0 Å². The molecule has 0 radical (unpaired) electrons. The van der Waals surface area contributed by atoms with E-state index in [9.17, 15) is 4.79 Å². The van der Waals surface area contributed by atoms with Gasteiger partial charge in [0, 0.05) is 0 Å². The van der Waals surface area contributed by atoms with Crippen LogP contribution in [-0.2, 0) is 14.3 Å². The molecule has 0 rings (SSSR count). The van der Waals surface area contributed by atoms with Crippen molar-refractivity contribution in [2.24, 2.45) is 0 Å². The number of thiocarbonyl (C=S) groups is 1. The van der Waals surface area contributed by atoms with Crippen molar-refractivity contribution in [1.82, 2.24) is 0 Å². The lowest BCUT2D eigenvalue weighted by Crippen LogP contribution is -2.01. The number of rotatable bonds is 2. The zero-order valence-electron chi connectivity index (χ0n) is 10.2. The summed E-state index contributed by atoms with van der Waals surface area (Å²) in [6, 6.07) is 3.61. The van der Waals surface area contributed by atoms with E-state index in [-0.39, 0.29) is 11.5 Å². The van der Waals surface area contributed by atoms with Crippen molar-refractivity contribution in [2.75, 3.05) is 14.2 Å². The van der Waals surface area contributed by atoms with Crippen LogP contribution in [0.3, 0.4) is 0 Å². The molecular formula is C11H14N2O3S. The van der Waals surface area contributed by atoms with Crippen molar-refractivity contribution in [3.05, 3.63) is 11.1 Å². The molecule has 0 saturated carbocycles. The van der Waals surface area contributed by atoms with Crippen molar-refractivity contribution in [3.8, 4) is 12.1 Å². The molecule has 0 fully saturated rings. The predicted molar refractivity (Wildman–Crippen MR) is 65.8 cm³/mol. The van der Waals surface area contributed by atoms with Crippen LogP contribution < -0.4 is 0 Å². The van der Waals surface area contributed by atoms with Gasteiger partial charge in [-0.1, -0.05) is 5.57 Å². The molecule has 0 spiro atoms. The minimum absolute atomic E-state index is 0.156. The molecule has 0 N–H and O–H groups in total. The summed E-state index contributed by atoms with van der Waals surface area (Å²) in [6.45, 7) is 3.65. The summed E-state index contributed by atoms with van der Waals surface area (Å²) in [7, 11) is 2.71. The van der Waals surface area contributed by atoms with Crippen molar-refractivity contribution in [3.63, 3.8) is 0 Å². The number of nitrogens with zero attached hydrogens (tertiary/aromatic N) is 2. The third-order valence-corrected chi connectivity index (χ3v) is 1.82. The fraction of sp³-hybridized carbons (Fsp3) is 0.455. The molecule has 0 bridgehead atoms. The van der Waals surface area contributed by atoms with E-state index >= 15 is 0 Å². The summed E-state index contributed by atoms with van der Waals surface area (Å²) in [5.74, 6) is -0.484. The van der Waals surface area contributed by atoms with Gasteiger partial charge in [-0.25, -0.2) is 0 Å². The molecule has 0 unspecified atom stereocenters. The highest BCUT2D eigenvalue weighted by molar-refractivity contribution is 7.80. The highest BCUT2D eigenvalue weighted by Crippen LogP contribution is 2.04. The summed E-state index contributed by atoms with van der Waals surface area (Å²) in [4.78, 5) is 9.97. The Labute approximate surface area is 106 Å². The van der Waals surface area contributed by atoms with Crippen LogP contribution in [0.1, 0.15) is 20.3 Å². The molecule has 0 aromatic heterocycles. The first kappa shape index (κ1) is 17.5. The molecule has 0 aliphatic rings. The minimum atomic E-state index is -0.484. The topological polar surface area (TPSA) is 83.1 Å². The Morgan fingerprint density at radius 2 is 1.76 bits per heavy atom. The van der Waals surface area contributed by atoms with Crippen LogP contribution in [-0.4, -0.2) is 25.2 Å². The number of methoxy groups -OCH3 is 2. The van der Waals surface area contributed by atoms with E-state index in [1.54, 1.807) is 6.07 Å². The fourth-order valence-corrected chi connectivity index (χ4v) is 0.850. The number of allylic oxidation sites excluding steroid dienone is 1. The molecule has 0 atom stereocenters. The third-order valence-electron chi connectivity index (χ3n) is 1.45. The molecule has 0 aromatic carbocycles. The van der Waals surface area contributed by atoms with Gasteiger partial charge in [0.2, 0.25) is 5.05 Å². The second kappa shape index (κ2) is 10.6. The maximum atomic E-state index is 9.97. The van der Waals surface area contributed by atoms with Crippen LogP contribution in [0.5, 0.6) is 0 Å². The third kappa shape index (κ3) is 9.04. The molecule has 0 heterocycles. The second-order valence-corrected chi connectivity index (χ2v) is 3.26. The molecule has 0 amide bonds. The lowest BCUT2D eigenvalue weighted by Gasteiger charge is -1.99. The largest absolute Gasteiger partial charge is 0.486 e. The average Bonchev–Trinajstić information content (AvgIpc) is 2.30. The summed E-state index contributed by atoms with van der Waals surface area (Å²) < 4.78 is 8.84. The zero-order chi connectivity index (χ0) is 13.8. The van der Waals surface area contributed by atoms with Gasteiger partial charge in [0.05, 0.1) is 20.3 Å². The van der Waals surface area contributed by atoms with E-state index in [1.807, 2.05) is 19.9 Å². The summed E-state index contributed by atoms with van der Waals surface area (Å²) in [5.41, 5.74) is 1.34. The van der Waals surface area contributed by atoms with Crippen molar-refractivity contribution < 1.29 is 14.3 Å². The van der Waals surface area contributed by atoms with Gasteiger partial charge in [-0.3, -0.25) is 4.79 Å². The Morgan fingerprint density at radius 1 is 1.24 bits per heavy atom. The normalized spacial score (nSPS) is 7.41. The van der Waals surface area contributed by atoms with Crippen molar-refractivity contribution >= 4 is 23.2 Å². The van der Waals surface area contributed by atoms with E-state index in [0.717, 1.165) is 5.57 Å². The Bertz CT molecular complexity index is 385. The number of carbonyl (C=O) groups is 1. The second-order valence-electron chi connectivity index (χ2n) is 2.89. The van der Waals surface area contributed by atoms with Crippen molar-refractivity contribution in [1.29, 1.82) is 10.5 Å².